The zero-order valence-electron chi connectivity index (χ0n) is 8.39. The van der Waals surface area contributed by atoms with E-state index in [4.69, 9.17) is 0 Å². The van der Waals surface area contributed by atoms with Crippen LogP contribution in [0.3, 0.4) is 0 Å². The fraction of sp³-hybridized carbons (Fsp3) is 0.545. The molecule has 1 aromatic rings. The molecule has 1 rings (SSSR count). The minimum Gasteiger partial charge on any atom is -0.359 e. The second kappa shape index (κ2) is 4.85. The molecule has 2 heteroatoms. The van der Waals surface area contributed by atoms with Crippen molar-refractivity contribution in [1.82, 2.24) is 4.98 Å². The molecule has 0 atom stereocenters. The van der Waals surface area contributed by atoms with E-state index in [0.717, 1.165) is 18.5 Å². The molecule has 0 radical (unpaired) electrons. The van der Waals surface area contributed by atoms with Gasteiger partial charge in [-0.1, -0.05) is 20.3 Å². The molecular weight excluding hydrogens is 162 g/mol. The molecule has 0 spiro atoms. The maximum absolute atomic E-state index is 11.4. The van der Waals surface area contributed by atoms with E-state index in [1.807, 2.05) is 19.2 Å². The monoisotopic (exact) mass is 179 g/mol. The fourth-order valence-electron chi connectivity index (χ4n) is 1.41. The molecule has 0 unspecified atom stereocenters. The second-order valence-corrected chi connectivity index (χ2v) is 3.26. The summed E-state index contributed by atoms with van der Waals surface area (Å²) in [5.74, 6) is 0.219. The second-order valence-electron chi connectivity index (χ2n) is 3.26. The largest absolute Gasteiger partial charge is 0.359 e. The number of carbonyl (C=O) groups is 1. The zero-order chi connectivity index (χ0) is 9.68. The highest BCUT2D eigenvalue weighted by Gasteiger charge is 2.09. The number of nitrogens with one attached hydrogen (secondary N) is 1. The molecule has 0 aliphatic heterocycles. The summed E-state index contributed by atoms with van der Waals surface area (Å²) < 4.78 is 0. The van der Waals surface area contributed by atoms with Crippen LogP contribution in [0.25, 0.3) is 0 Å². The lowest BCUT2D eigenvalue weighted by Crippen LogP contribution is -2.01. The van der Waals surface area contributed by atoms with Crippen molar-refractivity contribution in [2.24, 2.45) is 0 Å². The van der Waals surface area contributed by atoms with Crippen molar-refractivity contribution in [3.8, 4) is 0 Å². The Labute approximate surface area is 79.4 Å². The summed E-state index contributed by atoms with van der Waals surface area (Å²) in [6.45, 7) is 4.06. The Kier molecular flexibility index (Phi) is 3.74. The summed E-state index contributed by atoms with van der Waals surface area (Å²) >= 11 is 0. The van der Waals surface area contributed by atoms with Gasteiger partial charge in [0.15, 0.2) is 5.78 Å². The molecule has 1 heterocycles. The molecule has 0 amide bonds. The first-order valence-corrected chi connectivity index (χ1v) is 4.99. The zero-order valence-corrected chi connectivity index (χ0v) is 8.39. The quantitative estimate of drug-likeness (QED) is 0.692. The van der Waals surface area contributed by atoms with Gasteiger partial charge in [-0.2, -0.15) is 0 Å². The van der Waals surface area contributed by atoms with Crippen LogP contribution in [-0.2, 0) is 6.42 Å². The smallest absolute Gasteiger partial charge is 0.179 e. The van der Waals surface area contributed by atoms with Crippen LogP contribution in [-0.4, -0.2) is 10.8 Å². The van der Waals surface area contributed by atoms with Crippen molar-refractivity contribution < 1.29 is 4.79 Å². The Morgan fingerprint density at radius 1 is 1.46 bits per heavy atom. The lowest BCUT2D eigenvalue weighted by Gasteiger charge is -2.00. The Bertz CT molecular complexity index is 275. The van der Waals surface area contributed by atoms with E-state index in [1.165, 1.54) is 12.0 Å². The van der Waals surface area contributed by atoms with Crippen LogP contribution in [0.2, 0.25) is 0 Å². The third-order valence-corrected chi connectivity index (χ3v) is 2.23. The topological polar surface area (TPSA) is 32.9 Å². The van der Waals surface area contributed by atoms with Crippen LogP contribution in [0, 0.1) is 0 Å². The summed E-state index contributed by atoms with van der Waals surface area (Å²) in [4.78, 5) is 14.4. The summed E-state index contributed by atoms with van der Waals surface area (Å²) in [5, 5.41) is 0. The van der Waals surface area contributed by atoms with Crippen molar-refractivity contribution in [3.63, 3.8) is 0 Å². The van der Waals surface area contributed by atoms with Crippen LogP contribution in [0.15, 0.2) is 12.3 Å². The van der Waals surface area contributed by atoms with Gasteiger partial charge in [-0.3, -0.25) is 4.79 Å². The van der Waals surface area contributed by atoms with Gasteiger partial charge in [0.2, 0.25) is 0 Å². The Morgan fingerprint density at radius 3 is 2.85 bits per heavy atom. The van der Waals surface area contributed by atoms with Crippen molar-refractivity contribution in [3.05, 3.63) is 23.5 Å². The Morgan fingerprint density at radius 2 is 2.23 bits per heavy atom. The number of aryl methyl sites for hydroxylation is 1. The highest BCUT2D eigenvalue weighted by Crippen LogP contribution is 2.12. The lowest BCUT2D eigenvalue weighted by atomic mass is 10.1. The average molecular weight is 179 g/mol. The maximum Gasteiger partial charge on any atom is 0.179 e. The number of hydrogen-bond donors (Lipinski definition) is 1. The third kappa shape index (κ3) is 2.44. The molecule has 72 valence electrons. The lowest BCUT2D eigenvalue weighted by molar-refractivity contribution is 0.0983. The minimum atomic E-state index is 0.219. The predicted molar refractivity (Wildman–Crippen MR) is 54.0 cm³/mol. The predicted octanol–water partition coefficient (Wildman–Crippen LogP) is 2.95. The third-order valence-electron chi connectivity index (χ3n) is 2.23. The van der Waals surface area contributed by atoms with Gasteiger partial charge in [-0.15, -0.1) is 0 Å². The molecule has 0 saturated carbocycles. The van der Waals surface area contributed by atoms with Crippen LogP contribution in [0.1, 0.15) is 49.2 Å². The van der Waals surface area contributed by atoms with Gasteiger partial charge in [-0.25, -0.2) is 0 Å². The van der Waals surface area contributed by atoms with E-state index in [-0.39, 0.29) is 5.78 Å². The number of rotatable bonds is 5. The first kappa shape index (κ1) is 10.0. The standard InChI is InChI=1S/C11H17NO/c1-3-5-6-9-7-8-12-11(9)10(13)4-2/h7-8,12H,3-6H2,1-2H3. The summed E-state index contributed by atoms with van der Waals surface area (Å²) in [7, 11) is 0. The molecule has 0 aromatic carbocycles. The van der Waals surface area contributed by atoms with Crippen LogP contribution in [0.5, 0.6) is 0 Å². The molecule has 0 saturated heterocycles. The van der Waals surface area contributed by atoms with Gasteiger partial charge in [-0.05, 0) is 24.5 Å². The van der Waals surface area contributed by atoms with Gasteiger partial charge in [0.25, 0.3) is 0 Å². The van der Waals surface area contributed by atoms with E-state index < -0.39 is 0 Å². The van der Waals surface area contributed by atoms with E-state index >= 15 is 0 Å². The van der Waals surface area contributed by atoms with E-state index in [9.17, 15) is 4.79 Å². The number of Topliss-reactive ketones (excluding diaryl/α,β-unsaturated/α-hetero) is 1. The van der Waals surface area contributed by atoms with Crippen molar-refractivity contribution in [2.45, 2.75) is 39.5 Å². The van der Waals surface area contributed by atoms with E-state index in [2.05, 4.69) is 11.9 Å². The summed E-state index contributed by atoms with van der Waals surface area (Å²) in [6, 6.07) is 2.01. The number of hydrogen-bond acceptors (Lipinski definition) is 1. The highest BCUT2D eigenvalue weighted by molar-refractivity contribution is 5.95. The molecule has 0 bridgehead atoms. The fourth-order valence-corrected chi connectivity index (χ4v) is 1.41. The van der Waals surface area contributed by atoms with Gasteiger partial charge < -0.3 is 4.98 Å². The normalized spacial score (nSPS) is 10.3. The molecular formula is C11H17NO. The van der Waals surface area contributed by atoms with Gasteiger partial charge in [0.1, 0.15) is 0 Å². The first-order valence-electron chi connectivity index (χ1n) is 4.99. The highest BCUT2D eigenvalue weighted by atomic mass is 16.1. The van der Waals surface area contributed by atoms with Crippen molar-refractivity contribution >= 4 is 5.78 Å². The van der Waals surface area contributed by atoms with Crippen molar-refractivity contribution in [1.29, 1.82) is 0 Å². The molecule has 1 N–H and O–H groups in total. The molecule has 0 aliphatic carbocycles. The Hall–Kier alpha value is -1.05. The Balaban J connectivity index is 2.71. The number of carbonyl (C=O) groups excluding carboxylic acids is 1. The first-order chi connectivity index (χ1) is 6.29. The molecule has 2 nitrogen and oxygen atoms in total. The van der Waals surface area contributed by atoms with Gasteiger partial charge in [0, 0.05) is 12.6 Å². The number of H-pyrrole nitrogens is 1. The molecule has 13 heavy (non-hydrogen) atoms. The van der Waals surface area contributed by atoms with Crippen LogP contribution >= 0.6 is 0 Å². The molecule has 0 fully saturated rings. The van der Waals surface area contributed by atoms with Crippen LogP contribution < -0.4 is 0 Å². The number of aromatic nitrogens is 1. The van der Waals surface area contributed by atoms with Gasteiger partial charge in [0.05, 0.1) is 5.69 Å². The summed E-state index contributed by atoms with van der Waals surface area (Å²) in [5.41, 5.74) is 1.99. The number of aromatic amines is 1. The van der Waals surface area contributed by atoms with E-state index in [0.29, 0.717) is 6.42 Å². The van der Waals surface area contributed by atoms with Crippen molar-refractivity contribution in [2.75, 3.05) is 0 Å². The average Bonchev–Trinajstić information content (AvgIpc) is 2.61. The number of ketones is 1. The molecule has 1 aromatic heterocycles. The summed E-state index contributed by atoms with van der Waals surface area (Å²) in [6.07, 6.45) is 5.78. The van der Waals surface area contributed by atoms with Crippen LogP contribution in [0.4, 0.5) is 0 Å². The number of unbranched alkanes of at least 4 members (excludes halogenated alkanes) is 1. The van der Waals surface area contributed by atoms with E-state index in [1.54, 1.807) is 0 Å². The SMILES string of the molecule is CCCCc1cc[nH]c1C(=O)CC. The maximum atomic E-state index is 11.4. The van der Waals surface area contributed by atoms with Gasteiger partial charge >= 0.3 is 0 Å². The minimum absolute atomic E-state index is 0.219. The molecule has 0 aliphatic rings.